The lowest BCUT2D eigenvalue weighted by molar-refractivity contribution is 0.415. The van der Waals surface area contributed by atoms with Crippen molar-refractivity contribution in [2.45, 2.75) is 32.7 Å². The second-order valence-electron chi connectivity index (χ2n) is 4.50. The number of benzene rings is 1. The molecule has 1 aromatic carbocycles. The van der Waals surface area contributed by atoms with E-state index in [1.54, 1.807) is 7.11 Å². The molecule has 0 saturated heterocycles. The van der Waals surface area contributed by atoms with Crippen molar-refractivity contribution >= 4 is 0 Å². The summed E-state index contributed by atoms with van der Waals surface area (Å²) in [6.45, 7) is 3.29. The molecule has 0 unspecified atom stereocenters. The third kappa shape index (κ3) is 2.76. The van der Waals surface area contributed by atoms with Gasteiger partial charge in [-0.3, -0.25) is 0 Å². The highest BCUT2D eigenvalue weighted by Crippen LogP contribution is 2.31. The average molecular weight is 243 g/mol. The van der Waals surface area contributed by atoms with Crippen molar-refractivity contribution in [1.82, 2.24) is 4.57 Å². The molecule has 18 heavy (non-hydrogen) atoms. The first kappa shape index (κ1) is 12.7. The van der Waals surface area contributed by atoms with Crippen LogP contribution in [0.3, 0.4) is 0 Å². The van der Waals surface area contributed by atoms with Crippen molar-refractivity contribution < 1.29 is 4.74 Å². The van der Waals surface area contributed by atoms with Gasteiger partial charge in [0.15, 0.2) is 0 Å². The summed E-state index contributed by atoms with van der Waals surface area (Å²) in [5.74, 6) is 0.956. The second-order valence-corrected chi connectivity index (χ2v) is 4.50. The number of nitrogens with zero attached hydrogens (tertiary/aromatic N) is 1. The molecule has 96 valence electrons. The van der Waals surface area contributed by atoms with Crippen molar-refractivity contribution in [2.24, 2.45) is 0 Å². The minimum Gasteiger partial charge on any atom is -0.494 e. The lowest BCUT2D eigenvalue weighted by Gasteiger charge is -2.11. The van der Waals surface area contributed by atoms with Gasteiger partial charge in [0.05, 0.1) is 12.8 Å². The van der Waals surface area contributed by atoms with Crippen LogP contribution in [0.2, 0.25) is 0 Å². The highest BCUT2D eigenvalue weighted by molar-refractivity contribution is 5.67. The summed E-state index contributed by atoms with van der Waals surface area (Å²) in [6.07, 6.45) is 5.86. The van der Waals surface area contributed by atoms with Crippen molar-refractivity contribution in [2.75, 3.05) is 7.11 Å². The van der Waals surface area contributed by atoms with Crippen LogP contribution >= 0.6 is 0 Å². The van der Waals surface area contributed by atoms with E-state index in [0.29, 0.717) is 0 Å². The lowest BCUT2D eigenvalue weighted by Crippen LogP contribution is -1.99. The second kappa shape index (κ2) is 6.29. The van der Waals surface area contributed by atoms with Crippen LogP contribution in [0.25, 0.3) is 11.3 Å². The molecule has 0 aliphatic heterocycles. The number of aromatic nitrogens is 1. The maximum atomic E-state index is 5.47. The van der Waals surface area contributed by atoms with Gasteiger partial charge in [0.2, 0.25) is 0 Å². The van der Waals surface area contributed by atoms with Gasteiger partial charge in [-0.25, -0.2) is 0 Å². The van der Waals surface area contributed by atoms with E-state index in [1.165, 1.54) is 30.5 Å². The maximum absolute atomic E-state index is 5.47. The molecule has 0 aliphatic carbocycles. The molecule has 0 bridgehead atoms. The number of unbranched alkanes of at least 4 members (excludes halogenated alkanes) is 2. The van der Waals surface area contributed by atoms with Crippen LogP contribution in [0.1, 0.15) is 26.2 Å². The Balaban J connectivity index is 2.28. The summed E-state index contributed by atoms with van der Waals surface area (Å²) < 4.78 is 7.76. The third-order valence-corrected chi connectivity index (χ3v) is 3.20. The zero-order valence-corrected chi connectivity index (χ0v) is 11.2. The molecule has 0 aliphatic rings. The van der Waals surface area contributed by atoms with Crippen LogP contribution < -0.4 is 4.74 Å². The van der Waals surface area contributed by atoms with Crippen LogP contribution in [0.15, 0.2) is 42.6 Å². The van der Waals surface area contributed by atoms with Gasteiger partial charge in [0.25, 0.3) is 0 Å². The molecule has 2 heteroatoms. The molecule has 1 aromatic heterocycles. The molecule has 0 fully saturated rings. The quantitative estimate of drug-likeness (QED) is 0.688. The van der Waals surface area contributed by atoms with Gasteiger partial charge in [0, 0.05) is 18.3 Å². The van der Waals surface area contributed by atoms with E-state index in [-0.39, 0.29) is 0 Å². The first-order chi connectivity index (χ1) is 8.86. The Labute approximate surface area is 109 Å². The average Bonchev–Trinajstić information content (AvgIpc) is 2.83. The summed E-state index contributed by atoms with van der Waals surface area (Å²) in [7, 11) is 1.73. The predicted octanol–water partition coefficient (Wildman–Crippen LogP) is 4.35. The van der Waals surface area contributed by atoms with Gasteiger partial charge in [-0.1, -0.05) is 50.1 Å². The molecule has 0 amide bonds. The monoisotopic (exact) mass is 243 g/mol. The number of rotatable bonds is 6. The Kier molecular flexibility index (Phi) is 4.46. The zero-order chi connectivity index (χ0) is 12.8. The summed E-state index contributed by atoms with van der Waals surface area (Å²) in [5, 5.41) is 0. The van der Waals surface area contributed by atoms with Gasteiger partial charge in [0.1, 0.15) is 5.75 Å². The van der Waals surface area contributed by atoms with E-state index in [0.717, 1.165) is 12.3 Å². The van der Waals surface area contributed by atoms with E-state index in [2.05, 4.69) is 42.0 Å². The Morgan fingerprint density at radius 1 is 1.06 bits per heavy atom. The molecule has 0 radical (unpaired) electrons. The Hall–Kier alpha value is -1.70. The molecule has 2 aromatic rings. The van der Waals surface area contributed by atoms with E-state index in [9.17, 15) is 0 Å². The van der Waals surface area contributed by atoms with Gasteiger partial charge in [-0.15, -0.1) is 0 Å². The molecule has 2 rings (SSSR count). The Bertz CT molecular complexity index is 473. The first-order valence-electron chi connectivity index (χ1n) is 6.65. The minimum absolute atomic E-state index is 0.956. The van der Waals surface area contributed by atoms with E-state index in [4.69, 9.17) is 4.74 Å². The Morgan fingerprint density at radius 2 is 1.83 bits per heavy atom. The topological polar surface area (TPSA) is 14.2 Å². The van der Waals surface area contributed by atoms with Crippen LogP contribution in [0.4, 0.5) is 0 Å². The molecule has 1 heterocycles. The van der Waals surface area contributed by atoms with Crippen molar-refractivity contribution in [3.63, 3.8) is 0 Å². The highest BCUT2D eigenvalue weighted by atomic mass is 16.5. The molecule has 2 nitrogen and oxygen atoms in total. The lowest BCUT2D eigenvalue weighted by atomic mass is 10.1. The normalized spacial score (nSPS) is 10.6. The summed E-state index contributed by atoms with van der Waals surface area (Å²) in [5.41, 5.74) is 2.41. The summed E-state index contributed by atoms with van der Waals surface area (Å²) in [4.78, 5) is 0. The first-order valence-corrected chi connectivity index (χ1v) is 6.65. The van der Waals surface area contributed by atoms with E-state index < -0.39 is 0 Å². The number of hydrogen-bond donors (Lipinski definition) is 0. The number of hydrogen-bond acceptors (Lipinski definition) is 1. The van der Waals surface area contributed by atoms with Crippen LogP contribution in [-0.2, 0) is 6.54 Å². The fourth-order valence-electron chi connectivity index (χ4n) is 2.24. The van der Waals surface area contributed by atoms with E-state index >= 15 is 0 Å². The molecule has 0 spiro atoms. The fourth-order valence-corrected chi connectivity index (χ4v) is 2.24. The fraction of sp³-hybridized carbons (Fsp3) is 0.375. The largest absolute Gasteiger partial charge is 0.494 e. The molecule has 0 saturated carbocycles. The minimum atomic E-state index is 0.956. The van der Waals surface area contributed by atoms with Gasteiger partial charge < -0.3 is 9.30 Å². The van der Waals surface area contributed by atoms with Crippen LogP contribution in [0, 0.1) is 0 Å². The summed E-state index contributed by atoms with van der Waals surface area (Å²) in [6, 6.07) is 12.5. The standard InChI is InChI=1S/C16H21NO/c1-3-4-8-12-17-13-11-15(18-2)16(17)14-9-6-5-7-10-14/h5-7,9-11,13H,3-4,8,12H2,1-2H3. The van der Waals surface area contributed by atoms with Crippen LogP contribution in [-0.4, -0.2) is 11.7 Å². The van der Waals surface area contributed by atoms with Crippen molar-refractivity contribution in [3.05, 3.63) is 42.6 Å². The molecular formula is C16H21NO. The van der Waals surface area contributed by atoms with Gasteiger partial charge >= 0.3 is 0 Å². The SMILES string of the molecule is CCCCCn1ccc(OC)c1-c1ccccc1. The molecule has 0 N–H and O–H groups in total. The maximum Gasteiger partial charge on any atom is 0.144 e. The zero-order valence-electron chi connectivity index (χ0n) is 11.2. The van der Waals surface area contributed by atoms with Crippen molar-refractivity contribution in [1.29, 1.82) is 0 Å². The highest BCUT2D eigenvalue weighted by Gasteiger charge is 2.11. The van der Waals surface area contributed by atoms with Crippen LogP contribution in [0.5, 0.6) is 5.75 Å². The Morgan fingerprint density at radius 3 is 2.50 bits per heavy atom. The smallest absolute Gasteiger partial charge is 0.144 e. The number of methoxy groups -OCH3 is 1. The van der Waals surface area contributed by atoms with Crippen molar-refractivity contribution in [3.8, 4) is 17.0 Å². The van der Waals surface area contributed by atoms with E-state index in [1.807, 2.05) is 12.1 Å². The summed E-state index contributed by atoms with van der Waals surface area (Å²) >= 11 is 0. The number of aryl methyl sites for hydroxylation is 1. The number of ether oxygens (including phenoxy) is 1. The predicted molar refractivity (Wildman–Crippen MR) is 75.9 cm³/mol. The van der Waals surface area contributed by atoms with Gasteiger partial charge in [-0.2, -0.15) is 0 Å². The van der Waals surface area contributed by atoms with Gasteiger partial charge in [-0.05, 0) is 12.5 Å². The molecular weight excluding hydrogens is 222 g/mol. The molecule has 0 atom stereocenters. The third-order valence-electron chi connectivity index (χ3n) is 3.20.